The number of nitrogens with zero attached hydrogens (tertiary/aromatic N) is 1. The molecule has 1 unspecified atom stereocenters. The first-order chi connectivity index (χ1) is 8.45. The van der Waals surface area contributed by atoms with Crippen molar-refractivity contribution in [1.29, 1.82) is 0 Å². The van der Waals surface area contributed by atoms with Crippen LogP contribution in [0.2, 0.25) is 0 Å². The molecule has 0 amide bonds. The van der Waals surface area contributed by atoms with Crippen LogP contribution in [0.15, 0.2) is 23.0 Å². The number of aliphatic imine (C=N–C) groups is 1. The van der Waals surface area contributed by atoms with Gasteiger partial charge in [0.1, 0.15) is 0 Å². The van der Waals surface area contributed by atoms with E-state index >= 15 is 0 Å². The van der Waals surface area contributed by atoms with Crippen LogP contribution < -0.4 is 5.73 Å². The van der Waals surface area contributed by atoms with Crippen LogP contribution >= 0.6 is 22.6 Å². The lowest BCUT2D eigenvalue weighted by atomic mass is 9.64. The van der Waals surface area contributed by atoms with Gasteiger partial charge in [0.2, 0.25) is 0 Å². The molecule has 0 aliphatic rings. The molecule has 0 radical (unpaired) electrons. The molecule has 0 aliphatic carbocycles. The van der Waals surface area contributed by atoms with Gasteiger partial charge in [-0.2, -0.15) is 0 Å². The van der Waals surface area contributed by atoms with E-state index in [1.807, 2.05) is 0 Å². The SMILES string of the molecule is C#CCC(N)(CCCI)[C@@](C)(CC)C(=C=C)N=C. The van der Waals surface area contributed by atoms with E-state index in [9.17, 15) is 0 Å². The molecule has 0 aromatic carbocycles. The maximum atomic E-state index is 6.61. The Morgan fingerprint density at radius 1 is 1.56 bits per heavy atom. The van der Waals surface area contributed by atoms with Crippen LogP contribution in [-0.2, 0) is 0 Å². The predicted molar refractivity (Wildman–Crippen MR) is 89.1 cm³/mol. The van der Waals surface area contributed by atoms with Crippen LogP contribution in [0.25, 0.3) is 0 Å². The lowest BCUT2D eigenvalue weighted by Crippen LogP contribution is -2.54. The summed E-state index contributed by atoms with van der Waals surface area (Å²) in [4.78, 5) is 4.05. The molecule has 0 heterocycles. The van der Waals surface area contributed by atoms with Crippen molar-refractivity contribution in [2.24, 2.45) is 16.1 Å². The number of rotatable bonds is 8. The Labute approximate surface area is 125 Å². The van der Waals surface area contributed by atoms with E-state index < -0.39 is 5.54 Å². The van der Waals surface area contributed by atoms with Gasteiger partial charge in [-0.1, -0.05) is 43.0 Å². The quantitative estimate of drug-likeness (QED) is 0.232. The van der Waals surface area contributed by atoms with Crippen LogP contribution in [-0.4, -0.2) is 16.7 Å². The summed E-state index contributed by atoms with van der Waals surface area (Å²) in [6, 6.07) is 0. The van der Waals surface area contributed by atoms with Gasteiger partial charge in [-0.05, 0) is 30.4 Å². The van der Waals surface area contributed by atoms with E-state index in [0.29, 0.717) is 6.42 Å². The minimum atomic E-state index is -0.483. The molecule has 0 spiro atoms. The molecule has 0 saturated carbocycles. The highest BCUT2D eigenvalue weighted by Gasteiger charge is 2.45. The molecule has 18 heavy (non-hydrogen) atoms. The van der Waals surface area contributed by atoms with Gasteiger partial charge in [0.15, 0.2) is 0 Å². The van der Waals surface area contributed by atoms with E-state index in [2.05, 4.69) is 66.4 Å². The third kappa shape index (κ3) is 3.47. The van der Waals surface area contributed by atoms with Crippen molar-refractivity contribution in [1.82, 2.24) is 0 Å². The zero-order valence-electron chi connectivity index (χ0n) is 11.4. The third-order valence-corrected chi connectivity index (χ3v) is 4.59. The Morgan fingerprint density at radius 2 is 2.17 bits per heavy atom. The molecule has 0 aliphatic heterocycles. The number of alkyl halides is 1. The van der Waals surface area contributed by atoms with Gasteiger partial charge in [-0.15, -0.1) is 18.1 Å². The standard InChI is InChI=1S/C15H23IN2/c1-6-10-15(17,11-9-12-16)14(4,8-3)13(7-2)18-5/h1H,2,5,8-12,17H2,3-4H3/t14-,15?/m0/s1. The highest BCUT2D eigenvalue weighted by Crippen LogP contribution is 2.44. The molecule has 0 aromatic heterocycles. The minimum absolute atomic E-state index is 0.339. The molecule has 3 heteroatoms. The van der Waals surface area contributed by atoms with Crippen LogP contribution in [0.4, 0.5) is 0 Å². The minimum Gasteiger partial charge on any atom is -0.323 e. The van der Waals surface area contributed by atoms with E-state index in [4.69, 9.17) is 12.2 Å². The van der Waals surface area contributed by atoms with Gasteiger partial charge in [0.25, 0.3) is 0 Å². The van der Waals surface area contributed by atoms with Crippen LogP contribution in [0, 0.1) is 17.8 Å². The molecule has 0 saturated heterocycles. The first-order valence-corrected chi connectivity index (χ1v) is 7.63. The normalized spacial score (nSPS) is 16.8. The maximum absolute atomic E-state index is 6.61. The summed E-state index contributed by atoms with van der Waals surface area (Å²) in [6.45, 7) is 11.5. The van der Waals surface area contributed by atoms with Crippen molar-refractivity contribution in [3.05, 3.63) is 18.0 Å². The number of nitrogens with two attached hydrogens (primary N) is 1. The fraction of sp³-hybridized carbons (Fsp3) is 0.600. The molecule has 2 nitrogen and oxygen atoms in total. The summed E-state index contributed by atoms with van der Waals surface area (Å²) >= 11 is 2.35. The van der Waals surface area contributed by atoms with E-state index in [0.717, 1.165) is 29.4 Å². The monoisotopic (exact) mass is 358 g/mol. The molecule has 0 fully saturated rings. The summed E-state index contributed by atoms with van der Waals surface area (Å²) in [5.41, 5.74) is 9.38. The molecule has 2 N–H and O–H groups in total. The Hall–Kier alpha value is -0.560. The Balaban J connectivity index is 5.59. The lowest BCUT2D eigenvalue weighted by Gasteiger charge is -2.45. The topological polar surface area (TPSA) is 38.4 Å². The molecule has 2 atom stereocenters. The summed E-state index contributed by atoms with van der Waals surface area (Å²) < 4.78 is 1.07. The highest BCUT2D eigenvalue weighted by atomic mass is 127. The zero-order valence-corrected chi connectivity index (χ0v) is 13.6. The summed E-state index contributed by atoms with van der Waals surface area (Å²) in [7, 11) is 0. The van der Waals surface area contributed by atoms with Gasteiger partial charge in [-0.3, -0.25) is 4.99 Å². The fourth-order valence-corrected chi connectivity index (χ4v) is 2.69. The fourth-order valence-electron chi connectivity index (χ4n) is 2.30. The van der Waals surface area contributed by atoms with Crippen molar-refractivity contribution in [3.8, 4) is 12.3 Å². The van der Waals surface area contributed by atoms with Gasteiger partial charge in [0, 0.05) is 17.4 Å². The second-order valence-electron chi connectivity index (χ2n) is 4.70. The highest BCUT2D eigenvalue weighted by molar-refractivity contribution is 14.1. The predicted octanol–water partition coefficient (Wildman–Crippen LogP) is 3.71. The van der Waals surface area contributed by atoms with Gasteiger partial charge >= 0.3 is 0 Å². The second-order valence-corrected chi connectivity index (χ2v) is 5.78. The first kappa shape index (κ1) is 17.4. The van der Waals surface area contributed by atoms with E-state index in [1.54, 1.807) is 0 Å². The van der Waals surface area contributed by atoms with Gasteiger partial charge in [-0.25, -0.2) is 0 Å². The van der Waals surface area contributed by atoms with Gasteiger partial charge < -0.3 is 5.73 Å². The third-order valence-electron chi connectivity index (χ3n) is 3.83. The van der Waals surface area contributed by atoms with Gasteiger partial charge in [0.05, 0.1) is 5.70 Å². The molecular weight excluding hydrogens is 335 g/mol. The molecule has 0 aromatic rings. The summed E-state index contributed by atoms with van der Waals surface area (Å²) in [6.07, 6.45) is 8.76. The van der Waals surface area contributed by atoms with Crippen LogP contribution in [0.3, 0.4) is 0 Å². The average Bonchev–Trinajstić information content (AvgIpc) is 2.37. The number of halogens is 1. The van der Waals surface area contributed by atoms with E-state index in [1.165, 1.54) is 0 Å². The summed E-state index contributed by atoms with van der Waals surface area (Å²) in [5, 5.41) is 0. The molecule has 0 rings (SSSR count). The lowest BCUT2D eigenvalue weighted by molar-refractivity contribution is 0.167. The van der Waals surface area contributed by atoms with Crippen molar-refractivity contribution >= 4 is 29.3 Å². The van der Waals surface area contributed by atoms with Crippen molar-refractivity contribution in [2.45, 2.75) is 45.1 Å². The van der Waals surface area contributed by atoms with E-state index in [-0.39, 0.29) is 5.41 Å². The first-order valence-electron chi connectivity index (χ1n) is 6.11. The maximum Gasteiger partial charge on any atom is 0.0885 e. The van der Waals surface area contributed by atoms with Crippen LogP contribution in [0.1, 0.15) is 39.5 Å². The number of hydrogen-bond acceptors (Lipinski definition) is 2. The Kier molecular flexibility index (Phi) is 7.54. The van der Waals surface area contributed by atoms with Crippen molar-refractivity contribution in [2.75, 3.05) is 4.43 Å². The average molecular weight is 358 g/mol. The smallest absolute Gasteiger partial charge is 0.0885 e. The van der Waals surface area contributed by atoms with Crippen LogP contribution in [0.5, 0.6) is 0 Å². The van der Waals surface area contributed by atoms with Crippen molar-refractivity contribution in [3.63, 3.8) is 0 Å². The molecule has 100 valence electrons. The number of terminal acetylenes is 1. The summed E-state index contributed by atoms with van der Waals surface area (Å²) in [5.74, 6) is 2.71. The second kappa shape index (κ2) is 7.78. The Morgan fingerprint density at radius 3 is 2.50 bits per heavy atom. The zero-order chi connectivity index (χ0) is 14.2. The molecule has 0 bridgehead atoms. The Bertz CT molecular complexity index is 376. The molecular formula is C15H23IN2. The largest absolute Gasteiger partial charge is 0.323 e. The van der Waals surface area contributed by atoms with Crippen molar-refractivity contribution < 1.29 is 0 Å². The number of hydrogen-bond donors (Lipinski definition) is 1.